The molecule has 0 unspecified atom stereocenters. The van der Waals surface area contributed by atoms with Gasteiger partial charge in [0, 0.05) is 0 Å². The maximum absolute atomic E-state index is 9.95. The fourth-order valence-electron chi connectivity index (χ4n) is 1.31. The lowest BCUT2D eigenvalue weighted by Crippen LogP contribution is -2.83. The minimum atomic E-state index is -0.712. The molecule has 0 spiro atoms. The fraction of sp³-hybridized carbons (Fsp3) is 0.400. The highest BCUT2D eigenvalue weighted by atomic mass is 16.3. The number of hydrogen-bond acceptors (Lipinski definition) is 1. The van der Waals surface area contributed by atoms with Crippen LogP contribution in [0.5, 0.6) is 0 Å². The van der Waals surface area contributed by atoms with Crippen LogP contribution in [0.2, 0.25) is 0 Å². The number of benzene rings is 1. The molecule has 1 atom stereocenters. The molecule has 2 heteroatoms. The summed E-state index contributed by atoms with van der Waals surface area (Å²) in [6, 6.07) is 9.74. The molecule has 2 nitrogen and oxygen atoms in total. The van der Waals surface area contributed by atoms with Crippen LogP contribution < -0.4 is 5.32 Å². The Morgan fingerprint density at radius 2 is 1.92 bits per heavy atom. The summed E-state index contributed by atoms with van der Waals surface area (Å²) in [6.45, 7) is 2.53. The summed E-state index contributed by atoms with van der Waals surface area (Å²) in [5, 5.41) is 11.9. The Morgan fingerprint density at radius 3 is 2.42 bits per heavy atom. The van der Waals surface area contributed by atoms with E-state index in [0.717, 1.165) is 5.56 Å². The highest BCUT2D eigenvalue weighted by Crippen LogP contribution is 2.17. The molecule has 0 amide bonds. The van der Waals surface area contributed by atoms with Crippen molar-refractivity contribution in [3.8, 4) is 0 Å². The summed E-state index contributed by atoms with van der Waals surface area (Å²) < 4.78 is 0. The number of quaternary nitrogens is 1. The smallest absolute Gasteiger partial charge is 0.135 e. The molecule has 0 aliphatic carbocycles. The maximum atomic E-state index is 9.95. The highest BCUT2D eigenvalue weighted by molar-refractivity contribution is 5.21. The van der Waals surface area contributed by atoms with Crippen molar-refractivity contribution in [1.82, 2.24) is 0 Å². The summed E-state index contributed by atoms with van der Waals surface area (Å²) in [6.07, 6.45) is 0. The van der Waals surface area contributed by atoms with Gasteiger partial charge in [-0.3, -0.25) is 0 Å². The first-order valence-electron chi connectivity index (χ1n) is 4.22. The van der Waals surface area contributed by atoms with Gasteiger partial charge in [-0.15, -0.1) is 0 Å². The largest absolute Gasteiger partial charge is 0.380 e. The Bertz CT molecular complexity index is 231. The van der Waals surface area contributed by atoms with Crippen LogP contribution in [0.25, 0.3) is 0 Å². The molecule has 1 rings (SSSR count). The number of hydrogen-bond donors (Lipinski definition) is 2. The molecule has 12 heavy (non-hydrogen) atoms. The van der Waals surface area contributed by atoms with Gasteiger partial charge in [0.2, 0.25) is 0 Å². The first kappa shape index (κ1) is 9.23. The Labute approximate surface area is 73.2 Å². The predicted octanol–water partition coefficient (Wildman–Crippen LogP) is 0.0873. The van der Waals surface area contributed by atoms with Gasteiger partial charge in [0.05, 0.1) is 7.05 Å². The second-order valence-electron chi connectivity index (χ2n) is 3.25. The van der Waals surface area contributed by atoms with Gasteiger partial charge in [-0.1, -0.05) is 30.3 Å². The standard InChI is InChI=1S/C10H15NO/c1-10(12,8-11-2)9-6-4-3-5-7-9/h3-7,11-12H,8H2,1-2H3/p+1/t10-/m1/s1. The van der Waals surface area contributed by atoms with Crippen LogP contribution >= 0.6 is 0 Å². The molecular formula is C10H16NO+. The molecule has 3 N–H and O–H groups in total. The van der Waals surface area contributed by atoms with E-state index in [9.17, 15) is 5.11 Å². The molecule has 1 aromatic carbocycles. The van der Waals surface area contributed by atoms with Crippen molar-refractivity contribution < 1.29 is 10.4 Å². The van der Waals surface area contributed by atoms with E-state index in [4.69, 9.17) is 0 Å². The quantitative estimate of drug-likeness (QED) is 0.656. The third-order valence-electron chi connectivity index (χ3n) is 2.00. The topological polar surface area (TPSA) is 36.8 Å². The molecule has 0 aliphatic heterocycles. The molecule has 0 heterocycles. The van der Waals surface area contributed by atoms with Gasteiger partial charge < -0.3 is 10.4 Å². The Morgan fingerprint density at radius 1 is 1.33 bits per heavy atom. The van der Waals surface area contributed by atoms with E-state index in [0.29, 0.717) is 6.54 Å². The third kappa shape index (κ3) is 2.06. The van der Waals surface area contributed by atoms with Gasteiger partial charge in [-0.05, 0) is 12.5 Å². The average molecular weight is 166 g/mol. The molecule has 0 saturated heterocycles. The second kappa shape index (κ2) is 3.70. The first-order chi connectivity index (χ1) is 5.67. The van der Waals surface area contributed by atoms with Crippen molar-refractivity contribution in [2.24, 2.45) is 0 Å². The van der Waals surface area contributed by atoms with Crippen molar-refractivity contribution in [2.75, 3.05) is 13.6 Å². The van der Waals surface area contributed by atoms with Crippen molar-refractivity contribution in [3.63, 3.8) is 0 Å². The number of aliphatic hydroxyl groups is 1. The molecule has 66 valence electrons. The van der Waals surface area contributed by atoms with Crippen molar-refractivity contribution in [2.45, 2.75) is 12.5 Å². The summed E-state index contributed by atoms with van der Waals surface area (Å²) in [5.41, 5.74) is 0.263. The summed E-state index contributed by atoms with van der Waals surface area (Å²) in [4.78, 5) is 0. The van der Waals surface area contributed by atoms with Gasteiger partial charge in [0.1, 0.15) is 12.1 Å². The minimum absolute atomic E-state index is 0.691. The van der Waals surface area contributed by atoms with E-state index >= 15 is 0 Å². The Kier molecular flexibility index (Phi) is 2.84. The predicted molar refractivity (Wildman–Crippen MR) is 48.7 cm³/mol. The zero-order valence-electron chi connectivity index (χ0n) is 7.62. The number of rotatable bonds is 3. The normalized spacial score (nSPS) is 15.6. The van der Waals surface area contributed by atoms with E-state index in [-0.39, 0.29) is 0 Å². The van der Waals surface area contributed by atoms with Crippen LogP contribution in [0.1, 0.15) is 12.5 Å². The van der Waals surface area contributed by atoms with Gasteiger partial charge in [0.25, 0.3) is 0 Å². The molecule has 0 saturated carbocycles. The van der Waals surface area contributed by atoms with Crippen molar-refractivity contribution >= 4 is 0 Å². The highest BCUT2D eigenvalue weighted by Gasteiger charge is 2.23. The van der Waals surface area contributed by atoms with Crippen LogP contribution in [0, 0.1) is 0 Å². The monoisotopic (exact) mass is 166 g/mol. The Hall–Kier alpha value is -0.860. The molecule has 0 aliphatic rings. The molecular weight excluding hydrogens is 150 g/mol. The van der Waals surface area contributed by atoms with E-state index in [2.05, 4.69) is 0 Å². The molecule has 0 radical (unpaired) electrons. The van der Waals surface area contributed by atoms with E-state index in [1.807, 2.05) is 49.6 Å². The number of likely N-dealkylation sites (N-methyl/N-ethyl adjacent to an activating group) is 1. The molecule has 1 aromatic rings. The summed E-state index contributed by atoms with van der Waals surface area (Å²) in [5.74, 6) is 0. The fourth-order valence-corrected chi connectivity index (χ4v) is 1.31. The lowest BCUT2D eigenvalue weighted by molar-refractivity contribution is -0.641. The van der Waals surface area contributed by atoms with Crippen LogP contribution in [-0.2, 0) is 5.60 Å². The molecule has 0 bridgehead atoms. The van der Waals surface area contributed by atoms with Crippen molar-refractivity contribution in [3.05, 3.63) is 35.9 Å². The molecule has 0 fully saturated rings. The van der Waals surface area contributed by atoms with E-state index in [1.165, 1.54) is 0 Å². The lowest BCUT2D eigenvalue weighted by Gasteiger charge is -2.20. The summed E-state index contributed by atoms with van der Waals surface area (Å²) >= 11 is 0. The SMILES string of the molecule is C[NH2+]C[C@@](C)(O)c1ccccc1. The van der Waals surface area contributed by atoms with Gasteiger partial charge in [-0.25, -0.2) is 0 Å². The maximum Gasteiger partial charge on any atom is 0.135 e. The van der Waals surface area contributed by atoms with E-state index in [1.54, 1.807) is 0 Å². The number of nitrogens with two attached hydrogens (primary N) is 1. The van der Waals surface area contributed by atoms with Gasteiger partial charge in [-0.2, -0.15) is 0 Å². The second-order valence-corrected chi connectivity index (χ2v) is 3.25. The third-order valence-corrected chi connectivity index (χ3v) is 2.00. The van der Waals surface area contributed by atoms with Gasteiger partial charge in [0.15, 0.2) is 0 Å². The van der Waals surface area contributed by atoms with Gasteiger partial charge >= 0.3 is 0 Å². The molecule has 0 aromatic heterocycles. The van der Waals surface area contributed by atoms with E-state index < -0.39 is 5.60 Å². The lowest BCUT2D eigenvalue weighted by atomic mass is 9.96. The average Bonchev–Trinajstić information content (AvgIpc) is 2.06. The minimum Gasteiger partial charge on any atom is -0.380 e. The van der Waals surface area contributed by atoms with Crippen LogP contribution in [0.4, 0.5) is 0 Å². The van der Waals surface area contributed by atoms with Crippen molar-refractivity contribution in [1.29, 1.82) is 0 Å². The van der Waals surface area contributed by atoms with Crippen LogP contribution in [-0.4, -0.2) is 18.7 Å². The summed E-state index contributed by atoms with van der Waals surface area (Å²) in [7, 11) is 1.96. The Balaban J connectivity index is 2.82. The zero-order valence-corrected chi connectivity index (χ0v) is 7.62. The van der Waals surface area contributed by atoms with Crippen LogP contribution in [0.3, 0.4) is 0 Å². The zero-order chi connectivity index (χ0) is 9.03. The van der Waals surface area contributed by atoms with Crippen LogP contribution in [0.15, 0.2) is 30.3 Å². The first-order valence-corrected chi connectivity index (χ1v) is 4.22.